The molecule has 1 atom stereocenters. The van der Waals surface area contributed by atoms with Gasteiger partial charge in [0, 0.05) is 4.47 Å². The summed E-state index contributed by atoms with van der Waals surface area (Å²) in [5, 5.41) is 7.48. The highest BCUT2D eigenvalue weighted by Gasteiger charge is 2.13. The second kappa shape index (κ2) is 8.96. The summed E-state index contributed by atoms with van der Waals surface area (Å²) in [5.74, 6) is -0.383. The third-order valence-corrected chi connectivity index (χ3v) is 5.20. The Labute approximate surface area is 154 Å². The van der Waals surface area contributed by atoms with Crippen molar-refractivity contribution >= 4 is 44.8 Å². The second-order valence-corrected chi connectivity index (χ2v) is 7.50. The van der Waals surface area contributed by atoms with Crippen LogP contribution in [0.1, 0.15) is 10.4 Å². The molecule has 2 aromatic rings. The molecule has 0 aliphatic rings. The normalized spacial score (nSPS) is 11.8. The van der Waals surface area contributed by atoms with Crippen molar-refractivity contribution in [3.05, 3.63) is 50.6 Å². The minimum absolute atomic E-state index is 0.0362. The van der Waals surface area contributed by atoms with Crippen molar-refractivity contribution in [1.82, 2.24) is 5.32 Å². The fraction of sp³-hybridized carbons (Fsp3) is 0.294. The Kier molecular flexibility index (Phi) is 6.96. The Bertz CT molecular complexity index is 717. The van der Waals surface area contributed by atoms with Crippen LogP contribution in [0.15, 0.2) is 40.2 Å². The second-order valence-electron chi connectivity index (χ2n) is 5.64. The fourth-order valence-corrected chi connectivity index (χ4v) is 3.60. The van der Waals surface area contributed by atoms with Gasteiger partial charge < -0.3 is 15.5 Å². The minimum atomic E-state index is -0.248. The zero-order valence-corrected chi connectivity index (χ0v) is 16.1. The van der Waals surface area contributed by atoms with Gasteiger partial charge in [0.1, 0.15) is 6.54 Å². The van der Waals surface area contributed by atoms with E-state index in [9.17, 15) is 9.59 Å². The maximum absolute atomic E-state index is 12.0. The molecule has 0 bridgehead atoms. The number of quaternary nitrogens is 1. The summed E-state index contributed by atoms with van der Waals surface area (Å²) < 4.78 is 0.806. The van der Waals surface area contributed by atoms with Crippen LogP contribution in [0.25, 0.3) is 0 Å². The van der Waals surface area contributed by atoms with Crippen LogP contribution in [0.4, 0.5) is 5.69 Å². The number of thiophene rings is 1. The molecule has 2 rings (SSSR count). The number of carbonyl (C=O) groups excluding carboxylic acids is 2. The van der Waals surface area contributed by atoms with Gasteiger partial charge in [0.2, 0.25) is 5.91 Å². The number of hydrogen-bond donors (Lipinski definition) is 3. The van der Waals surface area contributed by atoms with Gasteiger partial charge in [-0.15, -0.1) is 11.3 Å². The average molecular weight is 411 g/mol. The Morgan fingerprint density at radius 3 is 2.62 bits per heavy atom. The lowest BCUT2D eigenvalue weighted by atomic mass is 10.3. The highest BCUT2D eigenvalue weighted by Crippen LogP contribution is 2.20. The molecule has 0 aliphatic heterocycles. The predicted octanol–water partition coefficient (Wildman–Crippen LogP) is 1.59. The number of amides is 2. The van der Waals surface area contributed by atoms with Crippen LogP contribution in [0.3, 0.4) is 0 Å². The van der Waals surface area contributed by atoms with Crippen molar-refractivity contribution in [1.29, 1.82) is 0 Å². The molecule has 1 aromatic carbocycles. The van der Waals surface area contributed by atoms with Gasteiger partial charge in [-0.2, -0.15) is 0 Å². The summed E-state index contributed by atoms with van der Waals surface area (Å²) >= 11 is 5.07. The van der Waals surface area contributed by atoms with Crippen LogP contribution in [0.2, 0.25) is 0 Å². The van der Waals surface area contributed by atoms with Gasteiger partial charge in [0.15, 0.2) is 6.54 Å². The predicted molar refractivity (Wildman–Crippen MR) is 100 cm³/mol. The van der Waals surface area contributed by atoms with E-state index in [0.717, 1.165) is 15.9 Å². The first-order valence-corrected chi connectivity index (χ1v) is 9.28. The lowest BCUT2D eigenvalue weighted by Gasteiger charge is -2.13. The fourth-order valence-electron chi connectivity index (χ4n) is 2.19. The van der Waals surface area contributed by atoms with Gasteiger partial charge in [-0.25, -0.2) is 0 Å². The number of halogens is 1. The van der Waals surface area contributed by atoms with Gasteiger partial charge >= 0.3 is 0 Å². The molecule has 0 spiro atoms. The number of carbonyl (C=O) groups is 2. The molecule has 0 radical (unpaired) electrons. The number of benzene rings is 1. The van der Waals surface area contributed by atoms with Crippen LogP contribution in [0, 0.1) is 6.92 Å². The van der Waals surface area contributed by atoms with Crippen molar-refractivity contribution in [2.75, 3.05) is 25.5 Å². The molecule has 128 valence electrons. The Hall–Kier alpha value is -1.70. The van der Waals surface area contributed by atoms with Crippen LogP contribution in [-0.4, -0.2) is 32.0 Å². The zero-order valence-electron chi connectivity index (χ0n) is 13.7. The number of nitrogens with one attached hydrogen (secondary N) is 3. The minimum Gasteiger partial charge on any atom is -0.342 e. The maximum atomic E-state index is 12.0. The van der Waals surface area contributed by atoms with E-state index in [1.807, 2.05) is 25.2 Å². The molecule has 1 unspecified atom stereocenters. The number of hydrogen-bond acceptors (Lipinski definition) is 3. The maximum Gasteiger partial charge on any atom is 0.275 e. The van der Waals surface area contributed by atoms with E-state index in [4.69, 9.17) is 0 Å². The van der Waals surface area contributed by atoms with Crippen molar-refractivity contribution in [3.63, 3.8) is 0 Å². The number of likely N-dealkylation sites (N-methyl/N-ethyl adjacent to an activating group) is 1. The number of anilines is 1. The van der Waals surface area contributed by atoms with Crippen molar-refractivity contribution in [3.8, 4) is 0 Å². The standard InChI is InChI=1S/C17H20BrN3O2S/c1-12-7-8-24-15(12)10-21(2)11-17(23)19-9-16(22)20-14-6-4-3-5-13(14)18/h3-8H,9-11H2,1-2H3,(H,19,23)(H,20,22)/p+1. The van der Waals surface area contributed by atoms with Crippen LogP contribution in [0.5, 0.6) is 0 Å². The van der Waals surface area contributed by atoms with Crippen molar-refractivity contribution in [2.24, 2.45) is 0 Å². The summed E-state index contributed by atoms with van der Waals surface area (Å²) in [6.45, 7) is 3.18. The monoisotopic (exact) mass is 410 g/mol. The quantitative estimate of drug-likeness (QED) is 0.648. The van der Waals surface area contributed by atoms with Crippen LogP contribution < -0.4 is 15.5 Å². The average Bonchev–Trinajstić information content (AvgIpc) is 2.92. The molecule has 0 fully saturated rings. The first kappa shape index (κ1) is 18.6. The van der Waals surface area contributed by atoms with E-state index in [2.05, 4.69) is 44.9 Å². The van der Waals surface area contributed by atoms with Gasteiger partial charge in [0.25, 0.3) is 5.91 Å². The first-order chi connectivity index (χ1) is 11.5. The van der Waals surface area contributed by atoms with Gasteiger partial charge in [-0.1, -0.05) is 12.1 Å². The summed E-state index contributed by atoms with van der Waals surface area (Å²) in [7, 11) is 1.97. The Morgan fingerprint density at radius 2 is 1.96 bits per heavy atom. The molecule has 0 saturated heterocycles. The van der Waals surface area contributed by atoms with Gasteiger partial charge in [-0.05, 0) is 52.0 Å². The molecule has 1 heterocycles. The van der Waals surface area contributed by atoms with Crippen LogP contribution in [-0.2, 0) is 16.1 Å². The Balaban J connectivity index is 1.73. The zero-order chi connectivity index (χ0) is 17.5. The molecule has 5 nitrogen and oxygen atoms in total. The molecule has 0 saturated carbocycles. The lowest BCUT2D eigenvalue weighted by molar-refractivity contribution is -0.885. The summed E-state index contributed by atoms with van der Waals surface area (Å²) in [6.07, 6.45) is 0. The lowest BCUT2D eigenvalue weighted by Crippen LogP contribution is -3.08. The molecule has 0 aliphatic carbocycles. The first-order valence-electron chi connectivity index (χ1n) is 7.61. The highest BCUT2D eigenvalue weighted by atomic mass is 79.9. The highest BCUT2D eigenvalue weighted by molar-refractivity contribution is 9.10. The van der Waals surface area contributed by atoms with Crippen molar-refractivity contribution < 1.29 is 14.5 Å². The topological polar surface area (TPSA) is 62.6 Å². The smallest absolute Gasteiger partial charge is 0.275 e. The Morgan fingerprint density at radius 1 is 1.21 bits per heavy atom. The summed E-state index contributed by atoms with van der Waals surface area (Å²) in [6, 6.07) is 9.43. The summed E-state index contributed by atoms with van der Waals surface area (Å²) in [5.41, 5.74) is 1.94. The molecular weight excluding hydrogens is 390 g/mol. The third kappa shape index (κ3) is 5.74. The van der Waals surface area contributed by atoms with E-state index in [-0.39, 0.29) is 18.4 Å². The summed E-state index contributed by atoms with van der Waals surface area (Å²) in [4.78, 5) is 26.2. The molecule has 7 heteroatoms. The van der Waals surface area contributed by atoms with Crippen LogP contribution >= 0.6 is 27.3 Å². The van der Waals surface area contributed by atoms with E-state index >= 15 is 0 Å². The largest absolute Gasteiger partial charge is 0.342 e. The van der Waals surface area contributed by atoms with E-state index < -0.39 is 0 Å². The number of rotatable bonds is 7. The van der Waals surface area contributed by atoms with E-state index in [1.165, 1.54) is 10.4 Å². The number of para-hydroxylation sites is 1. The molecular formula is C17H21BrN3O2S+. The van der Waals surface area contributed by atoms with E-state index in [0.29, 0.717) is 12.2 Å². The molecule has 3 N–H and O–H groups in total. The SMILES string of the molecule is Cc1ccsc1C[NH+](C)CC(=O)NCC(=O)Nc1ccccc1Br. The van der Waals surface area contributed by atoms with Gasteiger partial charge in [0.05, 0.1) is 24.2 Å². The number of aryl methyl sites for hydroxylation is 1. The molecule has 2 amide bonds. The van der Waals surface area contributed by atoms with Gasteiger partial charge in [-0.3, -0.25) is 9.59 Å². The van der Waals surface area contributed by atoms with E-state index in [1.54, 1.807) is 17.4 Å². The third-order valence-electron chi connectivity index (χ3n) is 3.49. The molecule has 1 aromatic heterocycles. The van der Waals surface area contributed by atoms with Crippen molar-refractivity contribution in [2.45, 2.75) is 13.5 Å². The molecule has 24 heavy (non-hydrogen) atoms.